The van der Waals surface area contributed by atoms with Crippen LogP contribution in [0.4, 0.5) is 0 Å². The Morgan fingerprint density at radius 3 is 2.50 bits per heavy atom. The summed E-state index contributed by atoms with van der Waals surface area (Å²) >= 11 is 0. The molecule has 0 saturated carbocycles. The smallest absolute Gasteiger partial charge is 0.190 e. The lowest BCUT2D eigenvalue weighted by molar-refractivity contribution is 0.146. The van der Waals surface area contributed by atoms with Gasteiger partial charge in [-0.25, -0.2) is 0 Å². The number of hydrogen-bond donors (Lipinski definition) is 2. The molecule has 0 aliphatic heterocycles. The molecule has 0 unspecified atom stereocenters. The van der Waals surface area contributed by atoms with E-state index in [2.05, 4.69) is 15.6 Å². The van der Waals surface area contributed by atoms with E-state index in [1.807, 2.05) is 31.3 Å². The monoisotopic (exact) mass is 251 g/mol. The summed E-state index contributed by atoms with van der Waals surface area (Å²) in [6.07, 6.45) is 0. The fourth-order valence-corrected chi connectivity index (χ4v) is 1.41. The average molecular weight is 251 g/mol. The summed E-state index contributed by atoms with van der Waals surface area (Å²) in [5.74, 6) is 1.63. The van der Waals surface area contributed by atoms with Gasteiger partial charge in [0.25, 0.3) is 0 Å². The van der Waals surface area contributed by atoms with Crippen molar-refractivity contribution in [3.05, 3.63) is 29.8 Å². The summed E-state index contributed by atoms with van der Waals surface area (Å²) in [5, 5.41) is 6.15. The van der Waals surface area contributed by atoms with E-state index in [1.165, 1.54) is 5.56 Å². The normalized spacial score (nSPS) is 11.2. The van der Waals surface area contributed by atoms with Gasteiger partial charge in [-0.1, -0.05) is 12.1 Å². The van der Waals surface area contributed by atoms with E-state index in [0.29, 0.717) is 13.2 Å². The molecule has 1 rings (SSSR count). The van der Waals surface area contributed by atoms with Crippen LogP contribution in [0, 0.1) is 0 Å². The van der Waals surface area contributed by atoms with E-state index in [1.54, 1.807) is 14.2 Å². The first-order valence-electron chi connectivity index (χ1n) is 5.89. The second-order valence-corrected chi connectivity index (χ2v) is 3.66. The number of hydrogen-bond acceptors (Lipinski definition) is 3. The van der Waals surface area contributed by atoms with E-state index in [-0.39, 0.29) is 0 Å². The molecule has 0 aliphatic carbocycles. The third kappa shape index (κ3) is 5.05. The Labute approximate surface area is 108 Å². The lowest BCUT2D eigenvalue weighted by Gasteiger charge is -2.09. The van der Waals surface area contributed by atoms with Gasteiger partial charge in [0.2, 0.25) is 0 Å². The summed E-state index contributed by atoms with van der Waals surface area (Å²) in [6, 6.07) is 7.96. The van der Waals surface area contributed by atoms with Gasteiger partial charge in [0.1, 0.15) is 12.4 Å². The van der Waals surface area contributed by atoms with Crippen molar-refractivity contribution in [2.75, 3.05) is 34.4 Å². The van der Waals surface area contributed by atoms with E-state index >= 15 is 0 Å². The molecule has 1 aromatic rings. The van der Waals surface area contributed by atoms with E-state index in [4.69, 9.17) is 9.47 Å². The first kappa shape index (κ1) is 14.3. The van der Waals surface area contributed by atoms with Gasteiger partial charge in [-0.3, -0.25) is 4.99 Å². The van der Waals surface area contributed by atoms with Crippen LogP contribution in [0.2, 0.25) is 0 Å². The highest BCUT2D eigenvalue weighted by Gasteiger charge is 1.97. The number of nitrogens with one attached hydrogen (secondary N) is 2. The maximum Gasteiger partial charge on any atom is 0.190 e. The van der Waals surface area contributed by atoms with Crippen molar-refractivity contribution in [2.45, 2.75) is 6.54 Å². The maximum absolute atomic E-state index is 5.49. The zero-order chi connectivity index (χ0) is 13.2. The predicted octanol–water partition coefficient (Wildman–Crippen LogP) is 1.01. The van der Waals surface area contributed by atoms with Crippen molar-refractivity contribution in [1.29, 1.82) is 0 Å². The molecule has 2 N–H and O–H groups in total. The number of nitrogens with zero attached hydrogens (tertiary/aromatic N) is 1. The van der Waals surface area contributed by atoms with Gasteiger partial charge in [-0.15, -0.1) is 0 Å². The Morgan fingerprint density at radius 1 is 1.22 bits per heavy atom. The van der Waals surface area contributed by atoms with Crippen LogP contribution in [0.5, 0.6) is 5.75 Å². The molecule has 1 aromatic carbocycles. The SMILES string of the molecule is CN=C(NC)NCc1ccc(OCCOC)cc1. The minimum absolute atomic E-state index is 0.570. The fourth-order valence-electron chi connectivity index (χ4n) is 1.41. The maximum atomic E-state index is 5.49. The second-order valence-electron chi connectivity index (χ2n) is 3.66. The molecular formula is C13H21N3O2. The minimum atomic E-state index is 0.570. The van der Waals surface area contributed by atoms with Gasteiger partial charge in [0.05, 0.1) is 6.61 Å². The zero-order valence-corrected chi connectivity index (χ0v) is 11.2. The molecule has 0 saturated heterocycles. The topological polar surface area (TPSA) is 54.9 Å². The Balaban J connectivity index is 2.40. The van der Waals surface area contributed by atoms with Crippen molar-refractivity contribution in [1.82, 2.24) is 10.6 Å². The molecule has 0 heterocycles. The van der Waals surface area contributed by atoms with E-state index in [0.717, 1.165) is 18.3 Å². The molecule has 18 heavy (non-hydrogen) atoms. The van der Waals surface area contributed by atoms with Crippen LogP contribution in [0.1, 0.15) is 5.56 Å². The van der Waals surface area contributed by atoms with Crippen molar-refractivity contribution in [2.24, 2.45) is 4.99 Å². The van der Waals surface area contributed by atoms with Crippen molar-refractivity contribution < 1.29 is 9.47 Å². The van der Waals surface area contributed by atoms with Crippen molar-refractivity contribution >= 4 is 5.96 Å². The molecule has 5 nitrogen and oxygen atoms in total. The predicted molar refractivity (Wildman–Crippen MR) is 73.1 cm³/mol. The molecule has 0 aromatic heterocycles. The van der Waals surface area contributed by atoms with Crippen LogP contribution in [0.15, 0.2) is 29.3 Å². The van der Waals surface area contributed by atoms with Crippen LogP contribution >= 0.6 is 0 Å². The molecule has 0 fully saturated rings. The van der Waals surface area contributed by atoms with Crippen LogP contribution < -0.4 is 15.4 Å². The Morgan fingerprint density at radius 2 is 1.94 bits per heavy atom. The third-order valence-electron chi connectivity index (χ3n) is 2.40. The number of guanidine groups is 1. The molecule has 0 aliphatic rings. The van der Waals surface area contributed by atoms with E-state index in [9.17, 15) is 0 Å². The molecule has 0 radical (unpaired) electrons. The molecule has 0 bridgehead atoms. The third-order valence-corrected chi connectivity index (χ3v) is 2.40. The quantitative estimate of drug-likeness (QED) is 0.450. The van der Waals surface area contributed by atoms with Gasteiger partial charge in [0.15, 0.2) is 5.96 Å². The van der Waals surface area contributed by atoms with Gasteiger partial charge < -0.3 is 20.1 Å². The zero-order valence-electron chi connectivity index (χ0n) is 11.2. The Kier molecular flexibility index (Phi) is 6.64. The lowest BCUT2D eigenvalue weighted by Crippen LogP contribution is -2.34. The van der Waals surface area contributed by atoms with Gasteiger partial charge in [-0.05, 0) is 17.7 Å². The highest BCUT2D eigenvalue weighted by atomic mass is 16.5. The molecule has 5 heteroatoms. The van der Waals surface area contributed by atoms with Crippen LogP contribution in [-0.4, -0.2) is 40.4 Å². The fraction of sp³-hybridized carbons (Fsp3) is 0.462. The minimum Gasteiger partial charge on any atom is -0.491 e. The molecule has 100 valence electrons. The second kappa shape index (κ2) is 8.36. The number of ether oxygens (including phenoxy) is 2. The number of rotatable bonds is 6. The summed E-state index contributed by atoms with van der Waals surface area (Å²) in [6.45, 7) is 1.90. The first-order chi connectivity index (χ1) is 8.80. The average Bonchev–Trinajstić information content (AvgIpc) is 2.42. The molecule has 0 spiro atoms. The van der Waals surface area contributed by atoms with Crippen molar-refractivity contribution in [3.8, 4) is 5.75 Å². The van der Waals surface area contributed by atoms with Crippen molar-refractivity contribution in [3.63, 3.8) is 0 Å². The highest BCUT2D eigenvalue weighted by Crippen LogP contribution is 2.11. The standard InChI is InChI=1S/C13H21N3O2/c1-14-13(15-2)16-10-11-4-6-12(7-5-11)18-9-8-17-3/h4-7H,8-10H2,1-3H3,(H2,14,15,16). The summed E-state index contributed by atoms with van der Waals surface area (Å²) in [5.41, 5.74) is 1.17. The van der Waals surface area contributed by atoms with E-state index < -0.39 is 0 Å². The molecular weight excluding hydrogens is 230 g/mol. The van der Waals surface area contributed by atoms with Crippen LogP contribution in [-0.2, 0) is 11.3 Å². The number of methoxy groups -OCH3 is 1. The number of benzene rings is 1. The summed E-state index contributed by atoms with van der Waals surface area (Å²) in [4.78, 5) is 4.04. The Hall–Kier alpha value is -1.75. The van der Waals surface area contributed by atoms with Gasteiger partial charge in [0, 0.05) is 27.7 Å². The van der Waals surface area contributed by atoms with Crippen LogP contribution in [0.25, 0.3) is 0 Å². The lowest BCUT2D eigenvalue weighted by atomic mass is 10.2. The Bertz CT molecular complexity index is 363. The van der Waals surface area contributed by atoms with Crippen LogP contribution in [0.3, 0.4) is 0 Å². The highest BCUT2D eigenvalue weighted by molar-refractivity contribution is 5.79. The largest absolute Gasteiger partial charge is 0.491 e. The molecule has 0 amide bonds. The first-order valence-corrected chi connectivity index (χ1v) is 5.89. The van der Waals surface area contributed by atoms with Gasteiger partial charge >= 0.3 is 0 Å². The summed E-state index contributed by atoms with van der Waals surface area (Å²) < 4.78 is 10.4. The molecule has 0 atom stereocenters. The van der Waals surface area contributed by atoms with Gasteiger partial charge in [-0.2, -0.15) is 0 Å². The summed E-state index contributed by atoms with van der Waals surface area (Å²) in [7, 11) is 5.24. The number of aliphatic imine (C=N–C) groups is 1.